The lowest BCUT2D eigenvalue weighted by Crippen LogP contribution is -2.20. The van der Waals surface area contributed by atoms with Gasteiger partial charge in [0.15, 0.2) is 5.17 Å². The third kappa shape index (κ3) is 3.61. The number of rotatable bonds is 4. The maximum Gasteiger partial charge on any atom is 0.276 e. The van der Waals surface area contributed by atoms with E-state index in [0.29, 0.717) is 0 Å². The van der Waals surface area contributed by atoms with Gasteiger partial charge in [0, 0.05) is 0 Å². The molecule has 0 amide bonds. The average molecular weight is 345 g/mol. The molecule has 0 unspecified atom stereocenters. The van der Waals surface area contributed by atoms with Crippen molar-refractivity contribution in [1.29, 1.82) is 0 Å². The van der Waals surface area contributed by atoms with Crippen molar-refractivity contribution >= 4 is 26.8 Å². The van der Waals surface area contributed by atoms with Crippen molar-refractivity contribution in [3.8, 4) is 0 Å². The summed E-state index contributed by atoms with van der Waals surface area (Å²) >= 11 is 5.68. The van der Waals surface area contributed by atoms with Crippen LogP contribution in [0.15, 0.2) is 52.5 Å². The van der Waals surface area contributed by atoms with Crippen molar-refractivity contribution < 1.29 is 17.2 Å². The van der Waals surface area contributed by atoms with Crippen molar-refractivity contribution in [3.05, 3.63) is 65.2 Å². The van der Waals surface area contributed by atoms with Crippen molar-refractivity contribution in [2.45, 2.75) is 11.8 Å². The zero-order valence-corrected chi connectivity index (χ0v) is 12.9. The van der Waals surface area contributed by atoms with E-state index in [4.69, 9.17) is 11.6 Å². The lowest BCUT2D eigenvalue weighted by Gasteiger charge is -2.06. The highest BCUT2D eigenvalue weighted by Gasteiger charge is 2.16. The molecule has 0 saturated carbocycles. The van der Waals surface area contributed by atoms with Crippen molar-refractivity contribution in [3.63, 3.8) is 0 Å². The van der Waals surface area contributed by atoms with E-state index in [9.17, 15) is 17.2 Å². The summed E-state index contributed by atoms with van der Waals surface area (Å²) in [6.45, 7) is 1.81. The second-order valence-electron chi connectivity index (χ2n) is 4.41. The summed E-state index contributed by atoms with van der Waals surface area (Å²) in [4.78, 5) is 1.80. The fourth-order valence-corrected chi connectivity index (χ4v) is 2.71. The molecular formula is C14H11ClF2N2O2S. The van der Waals surface area contributed by atoms with Crippen LogP contribution in [0, 0.1) is 18.6 Å². The van der Waals surface area contributed by atoms with Crippen LogP contribution in [0.4, 0.5) is 8.78 Å². The maximum atomic E-state index is 13.5. The number of hydrogen-bond acceptors (Lipinski definition) is 3. The second kappa shape index (κ2) is 6.41. The molecule has 2 aromatic carbocycles. The number of nitrogens with zero attached hydrogens (tertiary/aromatic N) is 1. The van der Waals surface area contributed by atoms with Crippen LogP contribution >= 0.6 is 11.6 Å². The lowest BCUT2D eigenvalue weighted by molar-refractivity contribution is 0.577. The van der Waals surface area contributed by atoms with Crippen LogP contribution < -0.4 is 4.83 Å². The number of halogens is 3. The highest BCUT2D eigenvalue weighted by Crippen LogP contribution is 2.16. The van der Waals surface area contributed by atoms with Crippen LogP contribution in [0.5, 0.6) is 0 Å². The molecule has 0 aliphatic rings. The number of aryl methyl sites for hydroxylation is 1. The first-order valence-electron chi connectivity index (χ1n) is 6.07. The van der Waals surface area contributed by atoms with Gasteiger partial charge in [0.2, 0.25) is 0 Å². The number of benzene rings is 2. The van der Waals surface area contributed by atoms with Gasteiger partial charge in [0.05, 0.1) is 10.5 Å². The Bertz CT molecular complexity index is 801. The Kier molecular flexibility index (Phi) is 4.77. The molecule has 0 aromatic heterocycles. The lowest BCUT2D eigenvalue weighted by atomic mass is 10.2. The normalized spacial score (nSPS) is 12.3. The third-order valence-electron chi connectivity index (χ3n) is 2.76. The van der Waals surface area contributed by atoms with Crippen molar-refractivity contribution in [2.24, 2.45) is 5.10 Å². The molecule has 0 saturated heterocycles. The predicted molar refractivity (Wildman–Crippen MR) is 80.2 cm³/mol. The first-order chi connectivity index (χ1) is 10.3. The number of nitrogens with one attached hydrogen (secondary N) is 1. The van der Waals surface area contributed by atoms with E-state index in [1.54, 1.807) is 19.1 Å². The Balaban J connectivity index is 2.29. The Morgan fingerprint density at radius 1 is 1.09 bits per heavy atom. The summed E-state index contributed by atoms with van der Waals surface area (Å²) in [5.41, 5.74) is 0.282. The largest absolute Gasteiger partial charge is 0.276 e. The van der Waals surface area contributed by atoms with Crippen LogP contribution in [0.2, 0.25) is 0 Å². The minimum absolute atomic E-state index is 0.0414. The van der Waals surface area contributed by atoms with Gasteiger partial charge in [-0.25, -0.2) is 8.78 Å². The van der Waals surface area contributed by atoms with E-state index in [2.05, 4.69) is 5.10 Å². The molecule has 0 aliphatic carbocycles. The van der Waals surface area contributed by atoms with Crippen LogP contribution in [0.3, 0.4) is 0 Å². The fourth-order valence-electron chi connectivity index (χ4n) is 1.62. The molecule has 0 bridgehead atoms. The van der Waals surface area contributed by atoms with E-state index in [1.807, 2.05) is 4.83 Å². The monoisotopic (exact) mass is 344 g/mol. The first-order valence-corrected chi connectivity index (χ1v) is 7.93. The fraction of sp³-hybridized carbons (Fsp3) is 0.0714. The molecule has 0 aliphatic heterocycles. The summed E-state index contributed by atoms with van der Waals surface area (Å²) < 4.78 is 51.0. The molecule has 0 atom stereocenters. The zero-order chi connectivity index (χ0) is 16.3. The number of hydrazone groups is 1. The van der Waals surface area contributed by atoms with E-state index in [-0.39, 0.29) is 4.90 Å². The molecule has 1 N–H and O–H groups in total. The maximum absolute atomic E-state index is 13.5. The molecule has 4 nitrogen and oxygen atoms in total. The molecule has 0 spiro atoms. The summed E-state index contributed by atoms with van der Waals surface area (Å²) in [5, 5.41) is 2.72. The number of sulfonamides is 1. The van der Waals surface area contributed by atoms with Gasteiger partial charge in [0.25, 0.3) is 10.0 Å². The van der Waals surface area contributed by atoms with Gasteiger partial charge in [-0.3, -0.25) is 0 Å². The minimum atomic E-state index is -3.97. The van der Waals surface area contributed by atoms with Crippen LogP contribution in [0.1, 0.15) is 11.1 Å². The van der Waals surface area contributed by atoms with Gasteiger partial charge < -0.3 is 0 Å². The van der Waals surface area contributed by atoms with Gasteiger partial charge in [-0.1, -0.05) is 35.4 Å². The Morgan fingerprint density at radius 3 is 2.18 bits per heavy atom. The highest BCUT2D eigenvalue weighted by molar-refractivity contribution is 7.89. The number of hydrogen-bond donors (Lipinski definition) is 1. The third-order valence-corrected chi connectivity index (χ3v) is 4.26. The standard InChI is InChI=1S/C14H11ClF2N2O2S/c1-9-5-7-10(8-6-9)22(20,21)19-18-14(15)13-11(16)3-2-4-12(13)17/h2-8,19H,1H3. The summed E-state index contributed by atoms with van der Waals surface area (Å²) in [6.07, 6.45) is 0. The Labute approximate surface area is 131 Å². The molecule has 22 heavy (non-hydrogen) atoms. The molecule has 8 heteroatoms. The molecule has 116 valence electrons. The second-order valence-corrected chi connectivity index (χ2v) is 6.43. The van der Waals surface area contributed by atoms with Gasteiger partial charge in [-0.15, -0.1) is 0 Å². The van der Waals surface area contributed by atoms with Gasteiger partial charge in [-0.05, 0) is 31.2 Å². The van der Waals surface area contributed by atoms with Crippen LogP contribution in [-0.4, -0.2) is 13.6 Å². The Morgan fingerprint density at radius 2 is 1.64 bits per heavy atom. The minimum Gasteiger partial charge on any atom is -0.206 e. The molecule has 0 radical (unpaired) electrons. The molecule has 0 fully saturated rings. The van der Waals surface area contributed by atoms with Crippen molar-refractivity contribution in [1.82, 2.24) is 4.83 Å². The average Bonchev–Trinajstić information content (AvgIpc) is 2.45. The first kappa shape index (κ1) is 16.4. The van der Waals surface area contributed by atoms with Crippen LogP contribution in [-0.2, 0) is 10.0 Å². The summed E-state index contributed by atoms with van der Waals surface area (Å²) in [7, 11) is -3.97. The Hall–Kier alpha value is -1.99. The topological polar surface area (TPSA) is 58.5 Å². The van der Waals surface area contributed by atoms with E-state index >= 15 is 0 Å². The smallest absolute Gasteiger partial charge is 0.206 e. The van der Waals surface area contributed by atoms with E-state index in [1.165, 1.54) is 12.1 Å². The molecule has 0 heterocycles. The van der Waals surface area contributed by atoms with Crippen LogP contribution in [0.25, 0.3) is 0 Å². The summed E-state index contributed by atoms with van der Waals surface area (Å²) in [6, 6.07) is 9.12. The SMILES string of the molecule is Cc1ccc(S(=O)(=O)NN=C(Cl)c2c(F)cccc2F)cc1. The van der Waals surface area contributed by atoms with E-state index < -0.39 is 32.4 Å². The van der Waals surface area contributed by atoms with Crippen molar-refractivity contribution in [2.75, 3.05) is 0 Å². The highest BCUT2D eigenvalue weighted by atomic mass is 35.5. The predicted octanol–water partition coefficient (Wildman–Crippen LogP) is 3.15. The molecule has 2 aromatic rings. The van der Waals surface area contributed by atoms with Gasteiger partial charge >= 0.3 is 0 Å². The van der Waals surface area contributed by atoms with Gasteiger partial charge in [0.1, 0.15) is 11.6 Å². The quantitative estimate of drug-likeness (QED) is 0.684. The van der Waals surface area contributed by atoms with Gasteiger partial charge in [-0.2, -0.15) is 18.4 Å². The molecule has 2 rings (SSSR count). The molecular weight excluding hydrogens is 334 g/mol. The van der Waals surface area contributed by atoms with E-state index in [0.717, 1.165) is 23.8 Å². The zero-order valence-electron chi connectivity index (χ0n) is 11.3. The summed E-state index contributed by atoms with van der Waals surface area (Å²) in [5.74, 6) is -1.88.